The molecule has 0 aliphatic carbocycles. The molecule has 0 bridgehead atoms. The van der Waals surface area contributed by atoms with Crippen molar-refractivity contribution in [2.45, 2.75) is 19.8 Å². The van der Waals surface area contributed by atoms with Gasteiger partial charge in [-0.2, -0.15) is 0 Å². The third kappa shape index (κ3) is 3.11. The molecule has 0 fully saturated rings. The highest BCUT2D eigenvalue weighted by molar-refractivity contribution is 6.31. The number of halogens is 1. The van der Waals surface area contributed by atoms with Gasteiger partial charge in [0.25, 0.3) is 0 Å². The van der Waals surface area contributed by atoms with Crippen LogP contribution < -0.4 is 4.90 Å². The minimum atomic E-state index is 0.117. The molecule has 2 aromatic carbocycles. The van der Waals surface area contributed by atoms with Gasteiger partial charge in [0.15, 0.2) is 5.78 Å². The maximum Gasteiger partial charge on any atom is 0.182 e. The van der Waals surface area contributed by atoms with E-state index < -0.39 is 0 Å². The smallest absolute Gasteiger partial charge is 0.182 e. The maximum absolute atomic E-state index is 12.4. The summed E-state index contributed by atoms with van der Waals surface area (Å²) in [5.41, 5.74) is 4.50. The van der Waals surface area contributed by atoms with Crippen LogP contribution in [0.4, 0.5) is 5.69 Å². The fourth-order valence-electron chi connectivity index (χ4n) is 2.89. The van der Waals surface area contributed by atoms with Crippen molar-refractivity contribution in [2.75, 3.05) is 18.0 Å². The van der Waals surface area contributed by atoms with Crippen LogP contribution in [0.2, 0.25) is 5.02 Å². The van der Waals surface area contributed by atoms with E-state index in [1.807, 2.05) is 12.1 Å². The van der Waals surface area contributed by atoms with Gasteiger partial charge in [-0.25, -0.2) is 0 Å². The summed E-state index contributed by atoms with van der Waals surface area (Å²) < 4.78 is 0. The first kappa shape index (κ1) is 14.2. The van der Waals surface area contributed by atoms with Crippen molar-refractivity contribution in [2.24, 2.45) is 0 Å². The molecular formula is C18H18ClNO. The Bertz CT molecular complexity index is 681. The molecule has 2 nitrogen and oxygen atoms in total. The van der Waals surface area contributed by atoms with Gasteiger partial charge in [0.05, 0.1) is 6.54 Å². The Labute approximate surface area is 130 Å². The van der Waals surface area contributed by atoms with Crippen molar-refractivity contribution in [3.8, 4) is 0 Å². The first-order valence-corrected chi connectivity index (χ1v) is 7.64. The SMILES string of the molecule is Cc1ccc2c(c1)CCCN2CC(=O)c1cccc(Cl)c1. The van der Waals surface area contributed by atoms with E-state index >= 15 is 0 Å². The molecule has 0 atom stereocenters. The van der Waals surface area contributed by atoms with Gasteiger partial charge < -0.3 is 4.90 Å². The number of rotatable bonds is 3. The van der Waals surface area contributed by atoms with Gasteiger partial charge in [-0.1, -0.05) is 41.4 Å². The fraction of sp³-hybridized carbons (Fsp3) is 0.278. The van der Waals surface area contributed by atoms with Crippen LogP contribution in [0, 0.1) is 6.92 Å². The summed E-state index contributed by atoms with van der Waals surface area (Å²) in [5.74, 6) is 0.117. The summed E-state index contributed by atoms with van der Waals surface area (Å²) in [6.07, 6.45) is 2.19. The van der Waals surface area contributed by atoms with Crippen LogP contribution in [0.25, 0.3) is 0 Å². The summed E-state index contributed by atoms with van der Waals surface area (Å²) >= 11 is 5.96. The van der Waals surface area contributed by atoms with Crippen molar-refractivity contribution in [1.82, 2.24) is 0 Å². The molecule has 0 unspecified atom stereocenters. The second-order valence-electron chi connectivity index (χ2n) is 5.59. The first-order valence-electron chi connectivity index (χ1n) is 7.27. The number of nitrogens with zero attached hydrogens (tertiary/aromatic N) is 1. The standard InChI is InChI=1S/C18H18ClNO/c1-13-7-8-17-14(10-13)5-3-9-20(17)12-18(21)15-4-2-6-16(19)11-15/h2,4,6-8,10-11H,3,5,9,12H2,1H3. The van der Waals surface area contributed by atoms with Crippen LogP contribution in [0.3, 0.4) is 0 Å². The Morgan fingerprint density at radius 1 is 1.24 bits per heavy atom. The van der Waals surface area contributed by atoms with Gasteiger partial charge in [0.1, 0.15) is 0 Å². The summed E-state index contributed by atoms with van der Waals surface area (Å²) in [6.45, 7) is 3.45. The van der Waals surface area contributed by atoms with E-state index in [-0.39, 0.29) is 5.78 Å². The molecule has 0 amide bonds. The zero-order chi connectivity index (χ0) is 14.8. The van der Waals surface area contributed by atoms with E-state index in [4.69, 9.17) is 11.6 Å². The average Bonchev–Trinajstić information content (AvgIpc) is 2.47. The van der Waals surface area contributed by atoms with E-state index in [1.165, 1.54) is 16.8 Å². The number of Topliss-reactive ketones (excluding diaryl/α,β-unsaturated/α-hetero) is 1. The molecule has 0 saturated heterocycles. The second-order valence-corrected chi connectivity index (χ2v) is 6.03. The fourth-order valence-corrected chi connectivity index (χ4v) is 3.08. The van der Waals surface area contributed by atoms with E-state index in [0.717, 1.165) is 19.4 Å². The molecule has 0 N–H and O–H groups in total. The number of hydrogen-bond donors (Lipinski definition) is 0. The molecule has 1 heterocycles. The normalized spacial score (nSPS) is 13.9. The van der Waals surface area contributed by atoms with Crippen molar-refractivity contribution in [3.05, 3.63) is 64.2 Å². The predicted molar refractivity (Wildman–Crippen MR) is 87.5 cm³/mol. The van der Waals surface area contributed by atoms with E-state index in [1.54, 1.807) is 12.1 Å². The molecule has 21 heavy (non-hydrogen) atoms. The number of aryl methyl sites for hydroxylation is 2. The zero-order valence-electron chi connectivity index (χ0n) is 12.1. The Hall–Kier alpha value is -1.80. The topological polar surface area (TPSA) is 20.3 Å². The van der Waals surface area contributed by atoms with Crippen molar-refractivity contribution < 1.29 is 4.79 Å². The summed E-state index contributed by atoms with van der Waals surface area (Å²) in [7, 11) is 0. The van der Waals surface area contributed by atoms with Crippen LogP contribution in [-0.4, -0.2) is 18.9 Å². The van der Waals surface area contributed by atoms with Gasteiger partial charge in [0, 0.05) is 22.8 Å². The van der Waals surface area contributed by atoms with Crippen molar-refractivity contribution >= 4 is 23.1 Å². The number of carbonyl (C=O) groups is 1. The third-order valence-electron chi connectivity index (χ3n) is 3.93. The molecule has 2 aromatic rings. The van der Waals surface area contributed by atoms with E-state index in [0.29, 0.717) is 17.1 Å². The lowest BCUT2D eigenvalue weighted by Gasteiger charge is -2.31. The quantitative estimate of drug-likeness (QED) is 0.788. The van der Waals surface area contributed by atoms with Gasteiger partial charge in [-0.15, -0.1) is 0 Å². The Kier molecular flexibility index (Phi) is 3.98. The summed E-state index contributed by atoms with van der Waals surface area (Å²) in [4.78, 5) is 14.6. The van der Waals surface area contributed by atoms with Crippen molar-refractivity contribution in [3.63, 3.8) is 0 Å². The number of ketones is 1. The second kappa shape index (κ2) is 5.90. The Morgan fingerprint density at radius 3 is 2.90 bits per heavy atom. The van der Waals surface area contributed by atoms with Crippen LogP contribution in [0.5, 0.6) is 0 Å². The van der Waals surface area contributed by atoms with Crippen molar-refractivity contribution in [1.29, 1.82) is 0 Å². The number of carbonyl (C=O) groups excluding carboxylic acids is 1. The Balaban J connectivity index is 1.82. The highest BCUT2D eigenvalue weighted by Crippen LogP contribution is 2.28. The van der Waals surface area contributed by atoms with Gasteiger partial charge in [-0.05, 0) is 43.5 Å². The molecule has 3 rings (SSSR count). The lowest BCUT2D eigenvalue weighted by atomic mass is 9.99. The molecule has 108 valence electrons. The van der Waals surface area contributed by atoms with Crippen LogP contribution in [0.15, 0.2) is 42.5 Å². The third-order valence-corrected chi connectivity index (χ3v) is 4.17. The highest BCUT2D eigenvalue weighted by Gasteiger charge is 2.19. The molecular weight excluding hydrogens is 282 g/mol. The maximum atomic E-state index is 12.4. The monoisotopic (exact) mass is 299 g/mol. The van der Waals surface area contributed by atoms with Crippen LogP contribution in [0.1, 0.15) is 27.9 Å². The van der Waals surface area contributed by atoms with Gasteiger partial charge in [0.2, 0.25) is 0 Å². The minimum Gasteiger partial charge on any atom is -0.364 e. The molecule has 0 radical (unpaired) electrons. The average molecular weight is 300 g/mol. The lowest BCUT2D eigenvalue weighted by molar-refractivity contribution is 0.0998. The molecule has 1 aliphatic heterocycles. The molecule has 0 spiro atoms. The molecule has 3 heteroatoms. The number of fused-ring (bicyclic) bond motifs is 1. The predicted octanol–water partition coefficient (Wildman–Crippen LogP) is 4.28. The largest absolute Gasteiger partial charge is 0.364 e. The summed E-state index contributed by atoms with van der Waals surface area (Å²) in [5, 5.41) is 0.607. The molecule has 1 aliphatic rings. The van der Waals surface area contributed by atoms with Crippen LogP contribution >= 0.6 is 11.6 Å². The van der Waals surface area contributed by atoms with E-state index in [9.17, 15) is 4.79 Å². The highest BCUT2D eigenvalue weighted by atomic mass is 35.5. The number of hydrogen-bond acceptors (Lipinski definition) is 2. The number of benzene rings is 2. The zero-order valence-corrected chi connectivity index (χ0v) is 12.9. The minimum absolute atomic E-state index is 0.117. The Morgan fingerprint density at radius 2 is 2.10 bits per heavy atom. The van der Waals surface area contributed by atoms with E-state index in [2.05, 4.69) is 30.0 Å². The first-order chi connectivity index (χ1) is 10.1. The van der Waals surface area contributed by atoms with Crippen LogP contribution in [-0.2, 0) is 6.42 Å². The van der Waals surface area contributed by atoms with Gasteiger partial charge >= 0.3 is 0 Å². The number of anilines is 1. The van der Waals surface area contributed by atoms with Gasteiger partial charge in [-0.3, -0.25) is 4.79 Å². The molecule has 0 saturated carbocycles. The lowest BCUT2D eigenvalue weighted by Crippen LogP contribution is -2.34. The molecule has 0 aromatic heterocycles. The summed E-state index contributed by atoms with van der Waals surface area (Å²) in [6, 6.07) is 13.7.